The van der Waals surface area contributed by atoms with Gasteiger partial charge in [-0.05, 0) is 38.9 Å². The van der Waals surface area contributed by atoms with Crippen molar-refractivity contribution in [1.82, 2.24) is 15.2 Å². The van der Waals surface area contributed by atoms with Crippen molar-refractivity contribution in [2.75, 3.05) is 25.6 Å². The Bertz CT molecular complexity index is 473. The van der Waals surface area contributed by atoms with Crippen molar-refractivity contribution in [2.45, 2.75) is 39.7 Å². The number of nitrogens with one attached hydrogen (secondary N) is 2. The van der Waals surface area contributed by atoms with Crippen molar-refractivity contribution in [1.29, 1.82) is 0 Å². The third-order valence-electron chi connectivity index (χ3n) is 3.48. The van der Waals surface area contributed by atoms with E-state index in [0.29, 0.717) is 24.0 Å². The number of aromatic nitrogens is 1. The molecule has 118 valence electrons. The molecule has 1 heterocycles. The van der Waals surface area contributed by atoms with Crippen molar-refractivity contribution < 1.29 is 4.79 Å². The summed E-state index contributed by atoms with van der Waals surface area (Å²) in [5.74, 6) is 6.04. The normalized spacial score (nSPS) is 11.3. The minimum atomic E-state index is -0.104. The molecule has 0 aliphatic heterocycles. The first-order valence-electron chi connectivity index (χ1n) is 7.32. The summed E-state index contributed by atoms with van der Waals surface area (Å²) < 4.78 is 0. The highest BCUT2D eigenvalue weighted by Gasteiger charge is 2.12. The van der Waals surface area contributed by atoms with Gasteiger partial charge in [-0.25, -0.2) is 10.8 Å². The number of anilines is 1. The Balaban J connectivity index is 2.71. The maximum absolute atomic E-state index is 12.2. The minimum absolute atomic E-state index is 0.104. The molecule has 1 rings (SSSR count). The largest absolute Gasteiger partial charge is 0.351 e. The van der Waals surface area contributed by atoms with Gasteiger partial charge in [0.15, 0.2) is 0 Å². The number of amides is 1. The summed E-state index contributed by atoms with van der Waals surface area (Å²) in [7, 11) is 2.04. The van der Waals surface area contributed by atoms with Gasteiger partial charge in [-0.15, -0.1) is 0 Å². The van der Waals surface area contributed by atoms with Gasteiger partial charge >= 0.3 is 0 Å². The smallest absolute Gasteiger partial charge is 0.251 e. The van der Waals surface area contributed by atoms with Gasteiger partial charge in [-0.2, -0.15) is 0 Å². The number of hydrogen-bond acceptors (Lipinski definition) is 5. The van der Waals surface area contributed by atoms with Crippen LogP contribution in [0, 0.1) is 0 Å². The van der Waals surface area contributed by atoms with Crippen LogP contribution in [-0.4, -0.2) is 42.0 Å². The minimum Gasteiger partial charge on any atom is -0.351 e. The first-order chi connectivity index (χ1) is 9.85. The van der Waals surface area contributed by atoms with Crippen LogP contribution in [0.2, 0.25) is 0 Å². The predicted octanol–water partition coefficient (Wildman–Crippen LogP) is 1.56. The van der Waals surface area contributed by atoms with Gasteiger partial charge in [0.1, 0.15) is 5.82 Å². The van der Waals surface area contributed by atoms with Crippen LogP contribution in [0.5, 0.6) is 0 Å². The van der Waals surface area contributed by atoms with Gasteiger partial charge in [-0.3, -0.25) is 4.79 Å². The first kappa shape index (κ1) is 17.4. The second kappa shape index (κ2) is 7.95. The third-order valence-corrected chi connectivity index (χ3v) is 3.48. The Morgan fingerprint density at radius 2 is 2.00 bits per heavy atom. The number of carbonyl (C=O) groups excluding carboxylic acids is 1. The Morgan fingerprint density at radius 1 is 1.33 bits per heavy atom. The van der Waals surface area contributed by atoms with Crippen LogP contribution in [0.4, 0.5) is 5.82 Å². The zero-order valence-corrected chi connectivity index (χ0v) is 13.6. The molecule has 0 unspecified atom stereocenters. The summed E-state index contributed by atoms with van der Waals surface area (Å²) in [6, 6.07) is 3.93. The second-order valence-electron chi connectivity index (χ2n) is 5.80. The lowest BCUT2D eigenvalue weighted by Crippen LogP contribution is -2.36. The summed E-state index contributed by atoms with van der Waals surface area (Å²) in [5.41, 5.74) is 3.93. The van der Waals surface area contributed by atoms with Crippen LogP contribution in [0.3, 0.4) is 0 Å². The Morgan fingerprint density at radius 3 is 2.52 bits per heavy atom. The number of nitrogens with zero attached hydrogens (tertiary/aromatic N) is 2. The van der Waals surface area contributed by atoms with Crippen molar-refractivity contribution >= 4 is 11.7 Å². The Hall–Kier alpha value is -1.66. The van der Waals surface area contributed by atoms with Gasteiger partial charge in [0.25, 0.3) is 5.91 Å². The molecule has 0 radical (unpaired) electrons. The van der Waals surface area contributed by atoms with Crippen molar-refractivity contribution in [3.63, 3.8) is 0 Å². The fraction of sp³-hybridized carbons (Fsp3) is 0.600. The fourth-order valence-corrected chi connectivity index (χ4v) is 1.76. The number of rotatable bonds is 7. The molecule has 0 atom stereocenters. The number of likely N-dealkylation sites (N-methyl/N-ethyl adjacent to an activating group) is 1. The number of nitrogen functional groups attached to an aromatic ring is 1. The molecule has 0 aliphatic carbocycles. The fourth-order valence-electron chi connectivity index (χ4n) is 1.76. The van der Waals surface area contributed by atoms with E-state index in [4.69, 9.17) is 5.84 Å². The van der Waals surface area contributed by atoms with E-state index in [9.17, 15) is 4.79 Å². The zero-order valence-electron chi connectivity index (χ0n) is 13.6. The molecule has 4 N–H and O–H groups in total. The number of hydrogen-bond donors (Lipinski definition) is 3. The van der Waals surface area contributed by atoms with E-state index in [0.717, 1.165) is 12.2 Å². The Labute approximate surface area is 127 Å². The zero-order chi connectivity index (χ0) is 16.0. The van der Waals surface area contributed by atoms with Crippen LogP contribution in [0.25, 0.3) is 0 Å². The van der Waals surface area contributed by atoms with Gasteiger partial charge in [-0.1, -0.05) is 13.8 Å². The average Bonchev–Trinajstić information content (AvgIpc) is 2.46. The molecule has 0 spiro atoms. The predicted molar refractivity (Wildman–Crippen MR) is 86.2 cm³/mol. The highest BCUT2D eigenvalue weighted by atomic mass is 16.1. The van der Waals surface area contributed by atoms with Crippen LogP contribution in [0.1, 0.15) is 49.7 Å². The van der Waals surface area contributed by atoms with Crippen molar-refractivity contribution in [3.05, 3.63) is 23.4 Å². The Kier molecular flexibility index (Phi) is 6.58. The van der Waals surface area contributed by atoms with E-state index in [1.807, 2.05) is 27.0 Å². The molecular formula is C15H27N5O. The standard InChI is InChI=1S/C15H27N5O/c1-10(2)13-8-12(9-14(18-13)19-16)15(21)17-6-7-20(5)11(3)4/h8-11H,6-7,16H2,1-5H3,(H,17,21)(H,18,19). The summed E-state index contributed by atoms with van der Waals surface area (Å²) in [4.78, 5) is 18.7. The van der Waals surface area contributed by atoms with Crippen LogP contribution in [-0.2, 0) is 0 Å². The molecule has 6 heteroatoms. The lowest BCUT2D eigenvalue weighted by atomic mass is 10.1. The molecule has 0 saturated heterocycles. The van der Waals surface area contributed by atoms with Crippen LogP contribution < -0.4 is 16.6 Å². The van der Waals surface area contributed by atoms with Crippen molar-refractivity contribution in [2.24, 2.45) is 5.84 Å². The molecule has 1 aromatic heterocycles. The first-order valence-corrected chi connectivity index (χ1v) is 7.32. The molecule has 0 bridgehead atoms. The van der Waals surface area contributed by atoms with E-state index in [-0.39, 0.29) is 11.8 Å². The quantitative estimate of drug-likeness (QED) is 0.525. The third kappa shape index (κ3) is 5.32. The van der Waals surface area contributed by atoms with Crippen LogP contribution in [0.15, 0.2) is 12.1 Å². The van der Waals surface area contributed by atoms with E-state index in [1.165, 1.54) is 0 Å². The molecule has 0 aliphatic rings. The van der Waals surface area contributed by atoms with Gasteiger partial charge in [0, 0.05) is 30.4 Å². The van der Waals surface area contributed by atoms with Gasteiger partial charge in [0.2, 0.25) is 0 Å². The highest BCUT2D eigenvalue weighted by molar-refractivity contribution is 5.95. The lowest BCUT2D eigenvalue weighted by Gasteiger charge is -2.21. The van der Waals surface area contributed by atoms with Crippen LogP contribution >= 0.6 is 0 Å². The topological polar surface area (TPSA) is 83.3 Å². The van der Waals surface area contributed by atoms with Gasteiger partial charge in [0.05, 0.1) is 0 Å². The maximum atomic E-state index is 12.2. The average molecular weight is 293 g/mol. The summed E-state index contributed by atoms with van der Waals surface area (Å²) in [5, 5.41) is 2.93. The van der Waals surface area contributed by atoms with E-state index in [2.05, 4.69) is 34.5 Å². The summed E-state index contributed by atoms with van der Waals surface area (Å²) in [6.07, 6.45) is 0. The lowest BCUT2D eigenvalue weighted by molar-refractivity contribution is 0.0948. The molecule has 0 saturated carbocycles. The molecule has 1 aromatic rings. The summed E-state index contributed by atoms with van der Waals surface area (Å²) in [6.45, 7) is 9.73. The van der Waals surface area contributed by atoms with E-state index in [1.54, 1.807) is 6.07 Å². The summed E-state index contributed by atoms with van der Waals surface area (Å²) >= 11 is 0. The molecule has 1 amide bonds. The molecule has 0 fully saturated rings. The van der Waals surface area contributed by atoms with Gasteiger partial charge < -0.3 is 15.6 Å². The number of pyridine rings is 1. The molecule has 6 nitrogen and oxygen atoms in total. The SMILES string of the molecule is CC(C)c1cc(C(=O)NCCN(C)C(C)C)cc(NN)n1. The van der Waals surface area contributed by atoms with E-state index < -0.39 is 0 Å². The number of carbonyl (C=O) groups is 1. The van der Waals surface area contributed by atoms with Crippen molar-refractivity contribution in [3.8, 4) is 0 Å². The van der Waals surface area contributed by atoms with E-state index >= 15 is 0 Å². The monoisotopic (exact) mass is 293 g/mol. The number of hydrazine groups is 1. The molecule has 21 heavy (non-hydrogen) atoms. The number of nitrogens with two attached hydrogens (primary N) is 1. The highest BCUT2D eigenvalue weighted by Crippen LogP contribution is 2.17. The molecule has 0 aromatic carbocycles. The second-order valence-corrected chi connectivity index (χ2v) is 5.80. The maximum Gasteiger partial charge on any atom is 0.251 e. The molecular weight excluding hydrogens is 266 g/mol.